The Morgan fingerprint density at radius 1 is 0.720 bits per heavy atom. The number of fused-ring (bicyclic) bond motifs is 2. The zero-order valence-corrected chi connectivity index (χ0v) is 14.4. The molecular weight excluding hydrogens is 324 g/mol. The van der Waals surface area contributed by atoms with Gasteiger partial charge < -0.3 is 20.1 Å². The highest BCUT2D eigenvalue weighted by Gasteiger charge is 2.50. The Labute approximate surface area is 147 Å². The van der Waals surface area contributed by atoms with E-state index in [-0.39, 0.29) is 17.6 Å². The van der Waals surface area contributed by atoms with Crippen LogP contribution in [-0.2, 0) is 23.9 Å². The van der Waals surface area contributed by atoms with E-state index in [4.69, 9.17) is 9.47 Å². The third-order valence-electron chi connectivity index (χ3n) is 6.29. The predicted molar refractivity (Wildman–Crippen MR) is 87.3 cm³/mol. The fourth-order valence-corrected chi connectivity index (χ4v) is 5.02. The molecule has 4 atom stereocenters. The molecule has 7 nitrogen and oxygen atoms in total. The van der Waals surface area contributed by atoms with Crippen molar-refractivity contribution in [3.8, 4) is 0 Å². The Kier molecular flexibility index (Phi) is 4.54. The lowest BCUT2D eigenvalue weighted by Gasteiger charge is -2.24. The van der Waals surface area contributed by atoms with Crippen molar-refractivity contribution in [2.45, 2.75) is 44.3 Å². The van der Waals surface area contributed by atoms with Gasteiger partial charge in [-0.2, -0.15) is 0 Å². The van der Waals surface area contributed by atoms with E-state index in [0.29, 0.717) is 68.4 Å². The minimum atomic E-state index is -0.332. The molecule has 0 aromatic carbocycles. The van der Waals surface area contributed by atoms with Crippen molar-refractivity contribution in [3.63, 3.8) is 0 Å². The lowest BCUT2D eigenvalue weighted by molar-refractivity contribution is -0.154. The molecule has 2 saturated carbocycles. The van der Waals surface area contributed by atoms with Crippen molar-refractivity contribution in [1.82, 2.24) is 10.6 Å². The Balaban J connectivity index is 0.000000129. The number of Topliss-reactive ketones (excluding diaryl/α,β-unsaturated/α-hetero) is 1. The highest BCUT2D eigenvalue weighted by molar-refractivity contribution is 5.84. The van der Waals surface area contributed by atoms with Crippen LogP contribution >= 0.6 is 0 Å². The molecule has 5 rings (SSSR count). The third-order valence-corrected chi connectivity index (χ3v) is 6.29. The first-order chi connectivity index (χ1) is 12.0. The number of ether oxygens (including phenoxy) is 2. The number of amides is 2. The highest BCUT2D eigenvalue weighted by Crippen LogP contribution is 2.46. The number of hydrogen-bond acceptors (Lipinski definition) is 5. The summed E-state index contributed by atoms with van der Waals surface area (Å²) in [5, 5.41) is 5.69. The molecule has 2 N–H and O–H groups in total. The first kappa shape index (κ1) is 17.0. The number of hydrogen-bond donors (Lipinski definition) is 2. The number of carbonyl (C=O) groups excluding carboxylic acids is 3. The average molecular weight is 350 g/mol. The minimum absolute atomic E-state index is 0.112. The highest BCUT2D eigenvalue weighted by atomic mass is 16.7. The molecule has 2 amide bonds. The molecule has 3 heterocycles. The summed E-state index contributed by atoms with van der Waals surface area (Å²) < 4.78 is 11.3. The van der Waals surface area contributed by atoms with Crippen molar-refractivity contribution in [3.05, 3.63) is 0 Å². The van der Waals surface area contributed by atoms with Gasteiger partial charge in [0.25, 0.3) is 0 Å². The van der Waals surface area contributed by atoms with Gasteiger partial charge >= 0.3 is 0 Å². The van der Waals surface area contributed by atoms with Crippen molar-refractivity contribution in [1.29, 1.82) is 0 Å². The van der Waals surface area contributed by atoms with E-state index in [1.54, 1.807) is 0 Å². The second kappa shape index (κ2) is 6.68. The largest absolute Gasteiger partial charge is 0.356 e. The maximum Gasteiger partial charge on any atom is 0.220 e. The normalized spacial score (nSPS) is 38.5. The standard InChI is InChI=1S/C10H15NO3.C8H11NO2/c12-9-3-7-4-10(13-1-2-14-10)5-8(7)6-11-9;10-7-1-5-3-8(11)9-4-6(5)2-7/h7-8H,1-6H2,(H,11,12);5-6H,1-4H2,(H,9,11)/t7-,8-;5-,6+/m10/s1. The zero-order chi connectivity index (χ0) is 17.4. The van der Waals surface area contributed by atoms with Crippen LogP contribution in [0.25, 0.3) is 0 Å². The molecule has 0 aromatic heterocycles. The number of nitrogens with one attached hydrogen (secondary N) is 2. The van der Waals surface area contributed by atoms with Gasteiger partial charge in [-0.3, -0.25) is 14.4 Å². The molecular formula is C18H26N2O5. The summed E-state index contributed by atoms with van der Waals surface area (Å²) >= 11 is 0. The third kappa shape index (κ3) is 3.58. The molecule has 0 unspecified atom stereocenters. The van der Waals surface area contributed by atoms with Crippen LogP contribution in [-0.4, -0.2) is 49.7 Å². The summed E-state index contributed by atoms with van der Waals surface area (Å²) in [7, 11) is 0. The summed E-state index contributed by atoms with van der Waals surface area (Å²) in [6, 6.07) is 0. The van der Waals surface area contributed by atoms with Gasteiger partial charge in [0.15, 0.2) is 5.79 Å². The number of piperidine rings is 2. The average Bonchev–Trinajstić information content (AvgIpc) is 3.25. The fraction of sp³-hybridized carbons (Fsp3) is 0.833. The molecule has 25 heavy (non-hydrogen) atoms. The quantitative estimate of drug-likeness (QED) is 0.659. The molecule has 3 aliphatic heterocycles. The monoisotopic (exact) mass is 350 g/mol. The molecule has 5 fully saturated rings. The molecule has 0 radical (unpaired) electrons. The summed E-state index contributed by atoms with van der Waals surface area (Å²) in [6.45, 7) is 2.94. The van der Waals surface area contributed by atoms with Crippen molar-refractivity contribution in [2.24, 2.45) is 23.7 Å². The van der Waals surface area contributed by atoms with Crippen LogP contribution < -0.4 is 10.6 Å². The lowest BCUT2D eigenvalue weighted by atomic mass is 9.89. The van der Waals surface area contributed by atoms with Crippen LogP contribution in [0.15, 0.2) is 0 Å². The van der Waals surface area contributed by atoms with Gasteiger partial charge in [0, 0.05) is 51.6 Å². The van der Waals surface area contributed by atoms with E-state index < -0.39 is 0 Å². The van der Waals surface area contributed by atoms with Gasteiger partial charge in [0.05, 0.1) is 13.2 Å². The first-order valence-corrected chi connectivity index (χ1v) is 9.36. The zero-order valence-electron chi connectivity index (χ0n) is 14.4. The second-order valence-corrected chi connectivity index (χ2v) is 8.02. The van der Waals surface area contributed by atoms with Crippen molar-refractivity contribution >= 4 is 17.6 Å². The van der Waals surface area contributed by atoms with E-state index in [1.165, 1.54) is 0 Å². The summed E-state index contributed by atoms with van der Waals surface area (Å²) in [6.07, 6.45) is 4.40. The van der Waals surface area contributed by atoms with Crippen LogP contribution in [0.3, 0.4) is 0 Å². The minimum Gasteiger partial charge on any atom is -0.356 e. The van der Waals surface area contributed by atoms with Gasteiger partial charge in [0.2, 0.25) is 11.8 Å². The van der Waals surface area contributed by atoms with Gasteiger partial charge in [-0.1, -0.05) is 0 Å². The maximum atomic E-state index is 11.2. The molecule has 7 heteroatoms. The Morgan fingerprint density at radius 3 is 2.00 bits per heavy atom. The maximum absolute atomic E-state index is 11.2. The van der Waals surface area contributed by atoms with E-state index in [9.17, 15) is 14.4 Å². The molecule has 3 saturated heterocycles. The van der Waals surface area contributed by atoms with E-state index >= 15 is 0 Å². The van der Waals surface area contributed by atoms with Crippen molar-refractivity contribution < 1.29 is 23.9 Å². The Morgan fingerprint density at radius 2 is 1.28 bits per heavy atom. The number of rotatable bonds is 0. The topological polar surface area (TPSA) is 93.7 Å². The van der Waals surface area contributed by atoms with Crippen LogP contribution in [0.1, 0.15) is 38.5 Å². The van der Waals surface area contributed by atoms with Crippen LogP contribution in [0.2, 0.25) is 0 Å². The van der Waals surface area contributed by atoms with Crippen LogP contribution in [0, 0.1) is 23.7 Å². The lowest BCUT2D eigenvalue weighted by Crippen LogP contribution is -2.38. The Bertz CT molecular complexity index is 570. The molecule has 0 bridgehead atoms. The SMILES string of the molecule is O=C1C[C@@H]2CC3(C[C@@H]2CN1)OCCO3.O=C1C[C@@H]2CNC(=O)C[C@@H]2C1. The van der Waals surface area contributed by atoms with Gasteiger partial charge in [-0.15, -0.1) is 0 Å². The van der Waals surface area contributed by atoms with Gasteiger partial charge in [-0.25, -0.2) is 0 Å². The number of carbonyl (C=O) groups is 3. The molecule has 0 aromatic rings. The van der Waals surface area contributed by atoms with Crippen LogP contribution in [0.5, 0.6) is 0 Å². The van der Waals surface area contributed by atoms with Crippen molar-refractivity contribution in [2.75, 3.05) is 26.3 Å². The second-order valence-electron chi connectivity index (χ2n) is 8.02. The van der Waals surface area contributed by atoms with E-state index in [0.717, 1.165) is 25.9 Å². The van der Waals surface area contributed by atoms with Crippen LogP contribution in [0.4, 0.5) is 0 Å². The van der Waals surface area contributed by atoms with Gasteiger partial charge in [-0.05, 0) is 23.7 Å². The Hall–Kier alpha value is -1.47. The summed E-state index contributed by atoms with van der Waals surface area (Å²) in [5.74, 6) is 2.13. The van der Waals surface area contributed by atoms with Gasteiger partial charge in [0.1, 0.15) is 5.78 Å². The predicted octanol–water partition coefficient (Wildman–Crippen LogP) is 0.377. The molecule has 2 aliphatic carbocycles. The first-order valence-electron chi connectivity index (χ1n) is 9.36. The van der Waals surface area contributed by atoms with E-state index in [1.807, 2.05) is 0 Å². The fourth-order valence-electron chi connectivity index (χ4n) is 5.02. The smallest absolute Gasteiger partial charge is 0.220 e. The molecule has 5 aliphatic rings. The summed E-state index contributed by atoms with van der Waals surface area (Å²) in [5.41, 5.74) is 0. The number of ketones is 1. The molecule has 138 valence electrons. The van der Waals surface area contributed by atoms with E-state index in [2.05, 4.69) is 10.6 Å². The molecule has 1 spiro atoms. The summed E-state index contributed by atoms with van der Waals surface area (Å²) in [4.78, 5) is 33.1.